The molecule has 1 N–H and O–H groups in total. The molecule has 0 radical (unpaired) electrons. The molecule has 19 heavy (non-hydrogen) atoms. The van der Waals surface area contributed by atoms with Crippen molar-refractivity contribution in [1.29, 1.82) is 0 Å². The lowest BCUT2D eigenvalue weighted by atomic mass is 9.79. The number of carbonyl (C=O) groups excluding carboxylic acids is 1. The second-order valence-electron chi connectivity index (χ2n) is 6.80. The number of hydrogen-bond acceptors (Lipinski definition) is 2. The number of carbonyl (C=O) groups is 2. The third kappa shape index (κ3) is 2.37. The molecule has 4 nitrogen and oxygen atoms in total. The molecular weight excluding hydrogens is 242 g/mol. The van der Waals surface area contributed by atoms with Gasteiger partial charge in [-0.15, -0.1) is 0 Å². The highest BCUT2D eigenvalue weighted by atomic mass is 16.4. The van der Waals surface area contributed by atoms with Crippen LogP contribution in [0.2, 0.25) is 0 Å². The van der Waals surface area contributed by atoms with Crippen molar-refractivity contribution in [3.63, 3.8) is 0 Å². The van der Waals surface area contributed by atoms with Crippen molar-refractivity contribution in [1.82, 2.24) is 4.90 Å². The van der Waals surface area contributed by atoms with Crippen molar-refractivity contribution in [2.24, 2.45) is 23.7 Å². The van der Waals surface area contributed by atoms with Crippen LogP contribution < -0.4 is 0 Å². The van der Waals surface area contributed by atoms with Crippen LogP contribution in [-0.4, -0.2) is 35.0 Å². The SMILES string of the molecule is CN(C(=O)CC1CC2CCC1C2)C1CC(C(=O)O)C1. The summed E-state index contributed by atoms with van der Waals surface area (Å²) in [6, 6.07) is 0.159. The number of rotatable bonds is 4. The van der Waals surface area contributed by atoms with Gasteiger partial charge in [-0.25, -0.2) is 0 Å². The Bertz CT molecular complexity index is 389. The molecule has 3 aliphatic rings. The first-order valence-electron chi connectivity index (χ1n) is 7.53. The van der Waals surface area contributed by atoms with Gasteiger partial charge >= 0.3 is 5.97 Å². The van der Waals surface area contributed by atoms with Crippen LogP contribution in [0.25, 0.3) is 0 Å². The molecule has 0 aromatic rings. The highest BCUT2D eigenvalue weighted by Crippen LogP contribution is 2.49. The largest absolute Gasteiger partial charge is 0.481 e. The maximum atomic E-state index is 12.3. The Morgan fingerprint density at radius 1 is 1.16 bits per heavy atom. The molecule has 0 aromatic heterocycles. The number of carboxylic acid groups (broad SMARTS) is 1. The maximum Gasteiger partial charge on any atom is 0.306 e. The molecular formula is C15H23NO3. The van der Waals surface area contributed by atoms with E-state index in [-0.39, 0.29) is 17.9 Å². The van der Waals surface area contributed by atoms with Crippen LogP contribution in [0.5, 0.6) is 0 Å². The first kappa shape index (κ1) is 12.9. The Morgan fingerprint density at radius 2 is 1.89 bits per heavy atom. The lowest BCUT2D eigenvalue weighted by Gasteiger charge is -2.39. The molecule has 3 atom stereocenters. The van der Waals surface area contributed by atoms with E-state index in [4.69, 9.17) is 5.11 Å². The fraction of sp³-hybridized carbons (Fsp3) is 0.867. The van der Waals surface area contributed by atoms with Gasteiger partial charge in [0.15, 0.2) is 0 Å². The third-order valence-electron chi connectivity index (χ3n) is 5.72. The molecule has 0 heterocycles. The smallest absolute Gasteiger partial charge is 0.306 e. The summed E-state index contributed by atoms with van der Waals surface area (Å²) in [6.45, 7) is 0. The number of nitrogens with zero attached hydrogens (tertiary/aromatic N) is 1. The third-order valence-corrected chi connectivity index (χ3v) is 5.72. The average Bonchev–Trinajstić information content (AvgIpc) is 2.87. The molecule has 0 aliphatic heterocycles. The highest BCUT2D eigenvalue weighted by molar-refractivity contribution is 5.77. The zero-order valence-electron chi connectivity index (χ0n) is 11.5. The Kier molecular flexibility index (Phi) is 3.27. The van der Waals surface area contributed by atoms with Crippen LogP contribution in [0.3, 0.4) is 0 Å². The number of amides is 1. The van der Waals surface area contributed by atoms with Crippen LogP contribution in [0.4, 0.5) is 0 Å². The maximum absolute atomic E-state index is 12.3. The molecule has 0 aromatic carbocycles. The van der Waals surface area contributed by atoms with Crippen molar-refractivity contribution in [3.05, 3.63) is 0 Å². The topological polar surface area (TPSA) is 57.6 Å². The van der Waals surface area contributed by atoms with Crippen molar-refractivity contribution < 1.29 is 14.7 Å². The minimum atomic E-state index is -0.717. The molecule has 3 saturated carbocycles. The molecule has 2 bridgehead atoms. The van der Waals surface area contributed by atoms with E-state index in [2.05, 4.69) is 0 Å². The first-order valence-corrected chi connectivity index (χ1v) is 7.53. The number of hydrogen-bond donors (Lipinski definition) is 1. The quantitative estimate of drug-likeness (QED) is 0.847. The van der Waals surface area contributed by atoms with E-state index in [9.17, 15) is 9.59 Å². The van der Waals surface area contributed by atoms with Gasteiger partial charge in [0, 0.05) is 19.5 Å². The summed E-state index contributed by atoms with van der Waals surface area (Å²) in [5.41, 5.74) is 0. The van der Waals surface area contributed by atoms with E-state index in [0.29, 0.717) is 25.2 Å². The first-order chi connectivity index (χ1) is 9.04. The molecule has 106 valence electrons. The average molecular weight is 265 g/mol. The van der Waals surface area contributed by atoms with Gasteiger partial charge < -0.3 is 10.0 Å². The summed E-state index contributed by atoms with van der Waals surface area (Å²) in [4.78, 5) is 24.9. The van der Waals surface area contributed by atoms with Crippen molar-refractivity contribution in [2.45, 2.75) is 51.0 Å². The summed E-state index contributed by atoms with van der Waals surface area (Å²) in [5, 5.41) is 8.87. The monoisotopic (exact) mass is 265 g/mol. The van der Waals surface area contributed by atoms with Crippen LogP contribution in [0.1, 0.15) is 44.9 Å². The van der Waals surface area contributed by atoms with E-state index >= 15 is 0 Å². The van der Waals surface area contributed by atoms with Gasteiger partial charge in [0.2, 0.25) is 5.91 Å². The highest BCUT2D eigenvalue weighted by Gasteiger charge is 2.42. The molecule has 3 aliphatic carbocycles. The molecule has 0 saturated heterocycles. The Labute approximate surface area is 114 Å². The standard InChI is InChI=1S/C15H23NO3/c1-16(13-6-12(7-13)15(18)19)14(17)8-11-5-9-2-3-10(11)4-9/h9-13H,2-8H2,1H3,(H,18,19). The van der Waals surface area contributed by atoms with E-state index in [1.165, 1.54) is 25.7 Å². The Morgan fingerprint density at radius 3 is 2.42 bits per heavy atom. The van der Waals surface area contributed by atoms with Gasteiger partial charge in [0.1, 0.15) is 0 Å². The molecule has 3 rings (SSSR count). The molecule has 3 fully saturated rings. The Hall–Kier alpha value is -1.06. The zero-order valence-corrected chi connectivity index (χ0v) is 11.5. The van der Waals surface area contributed by atoms with Gasteiger partial charge in [-0.05, 0) is 49.9 Å². The van der Waals surface area contributed by atoms with Crippen molar-refractivity contribution >= 4 is 11.9 Å². The van der Waals surface area contributed by atoms with Gasteiger partial charge in [-0.1, -0.05) is 6.42 Å². The van der Waals surface area contributed by atoms with E-state index in [1.54, 1.807) is 0 Å². The summed E-state index contributed by atoms with van der Waals surface area (Å²) >= 11 is 0. The van der Waals surface area contributed by atoms with Crippen LogP contribution >= 0.6 is 0 Å². The van der Waals surface area contributed by atoms with E-state index in [0.717, 1.165) is 11.8 Å². The summed E-state index contributed by atoms with van der Waals surface area (Å²) in [5.74, 6) is 1.55. The summed E-state index contributed by atoms with van der Waals surface area (Å²) < 4.78 is 0. The van der Waals surface area contributed by atoms with Crippen LogP contribution in [0.15, 0.2) is 0 Å². The second-order valence-corrected chi connectivity index (χ2v) is 6.80. The fourth-order valence-corrected chi connectivity index (χ4v) is 4.30. The fourth-order valence-electron chi connectivity index (χ4n) is 4.30. The van der Waals surface area contributed by atoms with Gasteiger partial charge in [0.05, 0.1) is 5.92 Å². The summed E-state index contributed by atoms with van der Waals surface area (Å²) in [6.07, 6.45) is 7.22. The minimum Gasteiger partial charge on any atom is -0.481 e. The zero-order chi connectivity index (χ0) is 13.6. The predicted octanol–water partition coefficient (Wildman–Crippen LogP) is 2.13. The summed E-state index contributed by atoms with van der Waals surface area (Å²) in [7, 11) is 1.85. The minimum absolute atomic E-state index is 0.159. The number of carboxylic acids is 1. The molecule has 0 spiro atoms. The Balaban J connectivity index is 1.47. The van der Waals surface area contributed by atoms with Crippen LogP contribution in [-0.2, 0) is 9.59 Å². The normalized spacial score (nSPS) is 39.9. The van der Waals surface area contributed by atoms with Gasteiger partial charge in [0.25, 0.3) is 0 Å². The van der Waals surface area contributed by atoms with Gasteiger partial charge in [-0.3, -0.25) is 9.59 Å². The van der Waals surface area contributed by atoms with Crippen molar-refractivity contribution in [3.8, 4) is 0 Å². The molecule has 3 unspecified atom stereocenters. The molecule has 1 amide bonds. The van der Waals surface area contributed by atoms with Crippen molar-refractivity contribution in [2.75, 3.05) is 7.05 Å². The van der Waals surface area contributed by atoms with Crippen LogP contribution in [0, 0.1) is 23.7 Å². The predicted molar refractivity (Wildman–Crippen MR) is 70.5 cm³/mol. The van der Waals surface area contributed by atoms with E-state index < -0.39 is 5.97 Å². The number of fused-ring (bicyclic) bond motifs is 2. The second kappa shape index (κ2) is 4.80. The lowest BCUT2D eigenvalue weighted by Crippen LogP contribution is -2.48. The van der Waals surface area contributed by atoms with E-state index in [1.807, 2.05) is 11.9 Å². The lowest BCUT2D eigenvalue weighted by molar-refractivity contribution is -0.150. The number of aliphatic carboxylic acids is 1. The molecule has 4 heteroatoms. The van der Waals surface area contributed by atoms with Gasteiger partial charge in [-0.2, -0.15) is 0 Å².